The van der Waals surface area contributed by atoms with Crippen molar-refractivity contribution in [1.29, 1.82) is 5.26 Å². The van der Waals surface area contributed by atoms with E-state index in [9.17, 15) is 14.9 Å². The van der Waals surface area contributed by atoms with Crippen LogP contribution >= 0.6 is 23.5 Å². The Morgan fingerprint density at radius 1 is 1.36 bits per heavy atom. The molecule has 3 heterocycles. The number of thioether (sulfide) groups is 2. The van der Waals surface area contributed by atoms with E-state index in [1.54, 1.807) is 0 Å². The first-order valence-corrected chi connectivity index (χ1v) is 11.0. The fraction of sp³-hybridized carbons (Fsp3) is 0.632. The van der Waals surface area contributed by atoms with E-state index in [2.05, 4.69) is 6.07 Å². The summed E-state index contributed by atoms with van der Waals surface area (Å²) in [4.78, 5) is 27.8. The maximum Gasteiger partial charge on any atom is 0.325 e. The average Bonchev–Trinajstić information content (AvgIpc) is 2.71. The molecule has 4 aliphatic rings. The summed E-state index contributed by atoms with van der Waals surface area (Å²) < 4.78 is 15.9. The Morgan fingerprint density at radius 3 is 2.61 bits per heavy atom. The molecule has 7 nitrogen and oxygen atoms in total. The number of carbonyl (C=O) groups excluding carboxylic acids is 2. The molecular formula is C19H24N2O5S2. The number of carbonyl (C=O) groups is 2. The van der Waals surface area contributed by atoms with E-state index in [1.807, 2.05) is 37.2 Å². The zero-order valence-electron chi connectivity index (χ0n) is 16.5. The topological polar surface area (TPSA) is 88.9 Å². The molecule has 0 aromatic carbocycles. The molecule has 4 bridgehead atoms. The lowest BCUT2D eigenvalue weighted by atomic mass is 9.66. The molecule has 1 fully saturated rings. The summed E-state index contributed by atoms with van der Waals surface area (Å²) in [6.07, 6.45) is 5.11. The van der Waals surface area contributed by atoms with Crippen molar-refractivity contribution in [2.75, 3.05) is 27.1 Å². The van der Waals surface area contributed by atoms with Gasteiger partial charge in [-0.05, 0) is 12.2 Å². The van der Waals surface area contributed by atoms with Crippen LogP contribution < -0.4 is 0 Å². The third-order valence-electron chi connectivity index (χ3n) is 5.27. The highest BCUT2D eigenvalue weighted by atomic mass is 32.2. The van der Waals surface area contributed by atoms with Gasteiger partial charge in [0, 0.05) is 5.92 Å². The van der Waals surface area contributed by atoms with E-state index in [-0.39, 0.29) is 5.92 Å². The van der Waals surface area contributed by atoms with E-state index in [4.69, 9.17) is 14.2 Å². The van der Waals surface area contributed by atoms with Crippen molar-refractivity contribution in [3.05, 3.63) is 22.1 Å². The molecule has 0 saturated carbocycles. The molecule has 0 N–H and O–H groups in total. The van der Waals surface area contributed by atoms with Crippen molar-refractivity contribution < 1.29 is 23.8 Å². The highest BCUT2D eigenvalue weighted by Crippen LogP contribution is 2.61. The lowest BCUT2D eigenvalue weighted by Gasteiger charge is -2.61. The Balaban J connectivity index is 2.22. The van der Waals surface area contributed by atoms with Crippen molar-refractivity contribution in [2.45, 2.75) is 30.9 Å². The summed E-state index contributed by atoms with van der Waals surface area (Å²) in [5.41, 5.74) is 0.466. The molecule has 0 aromatic heterocycles. The maximum atomic E-state index is 13.1. The summed E-state index contributed by atoms with van der Waals surface area (Å²) >= 11 is 2.61. The van der Waals surface area contributed by atoms with Gasteiger partial charge in [-0.3, -0.25) is 9.59 Å². The molecule has 1 aliphatic carbocycles. The number of nitriles is 1. The minimum Gasteiger partial charge on any atom is -0.469 e. The summed E-state index contributed by atoms with van der Waals surface area (Å²) in [6.45, 7) is 4.54. The zero-order chi connectivity index (χ0) is 20.6. The van der Waals surface area contributed by atoms with Crippen LogP contribution in [0.2, 0.25) is 0 Å². The maximum absolute atomic E-state index is 13.1. The van der Waals surface area contributed by atoms with Gasteiger partial charge in [-0.2, -0.15) is 5.26 Å². The van der Waals surface area contributed by atoms with Gasteiger partial charge in [-0.25, -0.2) is 0 Å². The molecule has 0 amide bonds. The second kappa shape index (κ2) is 8.01. The summed E-state index contributed by atoms with van der Waals surface area (Å²) in [6, 6.07) is 1.74. The molecule has 0 radical (unpaired) electrons. The number of hydrogen-bond acceptors (Lipinski definition) is 9. The van der Waals surface area contributed by atoms with Gasteiger partial charge in [-0.1, -0.05) is 37.8 Å². The van der Waals surface area contributed by atoms with Crippen LogP contribution in [0.5, 0.6) is 0 Å². The van der Waals surface area contributed by atoms with Gasteiger partial charge >= 0.3 is 11.9 Å². The smallest absolute Gasteiger partial charge is 0.325 e. The first-order valence-electron chi connectivity index (χ1n) is 8.99. The van der Waals surface area contributed by atoms with Crippen LogP contribution in [-0.2, 0) is 23.8 Å². The van der Waals surface area contributed by atoms with Crippen LogP contribution in [0, 0.1) is 29.1 Å². The predicted molar refractivity (Wildman–Crippen MR) is 107 cm³/mol. The lowest BCUT2D eigenvalue weighted by molar-refractivity contribution is -0.183. The Kier molecular flexibility index (Phi) is 6.03. The Labute approximate surface area is 173 Å². The number of hydrogen-bond donors (Lipinski definition) is 0. The van der Waals surface area contributed by atoms with Gasteiger partial charge < -0.3 is 19.1 Å². The molecule has 3 aliphatic heterocycles. The molecule has 0 aromatic rings. The van der Waals surface area contributed by atoms with Gasteiger partial charge in [0.2, 0.25) is 0 Å². The lowest BCUT2D eigenvalue weighted by Crippen LogP contribution is -2.74. The minimum absolute atomic E-state index is 0.278. The Morgan fingerprint density at radius 2 is 2.07 bits per heavy atom. The highest BCUT2D eigenvalue weighted by molar-refractivity contribution is 8.23. The van der Waals surface area contributed by atoms with Crippen LogP contribution in [0.15, 0.2) is 22.1 Å². The third-order valence-corrected chi connectivity index (χ3v) is 7.96. The summed E-state index contributed by atoms with van der Waals surface area (Å²) in [7, 11) is 2.64. The SMILES string of the molecule is COC(=O)C1C2C=CC3N(C(C#N)=C(SC)SC13C(=O)OC)C2OCC(C)C. The quantitative estimate of drug-likeness (QED) is 0.471. The Hall–Kier alpha value is -1.63. The van der Waals surface area contributed by atoms with Gasteiger partial charge in [0.05, 0.1) is 37.0 Å². The van der Waals surface area contributed by atoms with Crippen LogP contribution in [0.4, 0.5) is 0 Å². The van der Waals surface area contributed by atoms with Crippen LogP contribution in [0.1, 0.15) is 13.8 Å². The number of ether oxygens (including phenoxy) is 3. The van der Waals surface area contributed by atoms with E-state index in [0.29, 0.717) is 16.5 Å². The monoisotopic (exact) mass is 424 g/mol. The average molecular weight is 425 g/mol. The molecule has 9 heteroatoms. The molecular weight excluding hydrogens is 400 g/mol. The summed E-state index contributed by atoms with van der Waals surface area (Å²) in [5.74, 6) is -1.91. The number of rotatable bonds is 6. The minimum atomic E-state index is -1.22. The third kappa shape index (κ3) is 2.93. The van der Waals surface area contributed by atoms with E-state index < -0.39 is 40.8 Å². The molecule has 28 heavy (non-hydrogen) atoms. The number of nitrogens with zero attached hydrogens (tertiary/aromatic N) is 2. The van der Waals surface area contributed by atoms with Crippen molar-refractivity contribution in [2.24, 2.45) is 17.8 Å². The summed E-state index contributed by atoms with van der Waals surface area (Å²) in [5, 5.41) is 9.87. The predicted octanol–water partition coefficient (Wildman–Crippen LogP) is 2.36. The number of methoxy groups -OCH3 is 2. The largest absolute Gasteiger partial charge is 0.469 e. The second-order valence-corrected chi connectivity index (χ2v) is 9.63. The standard InChI is InChI=1S/C19H24N2O5S2/c1-10(2)9-26-15-11-6-7-13-19(18(23)25-4,14(11)16(22)24-3)28-17(27-5)12(8-20)21(13)15/h6-7,10-11,13-15H,9H2,1-5H3. The van der Waals surface area contributed by atoms with Gasteiger partial charge in [0.1, 0.15) is 18.0 Å². The van der Waals surface area contributed by atoms with Crippen LogP contribution in [-0.4, -0.2) is 60.9 Å². The fourth-order valence-electron chi connectivity index (χ4n) is 4.19. The number of piperidine rings is 1. The van der Waals surface area contributed by atoms with E-state index in [0.717, 1.165) is 0 Å². The van der Waals surface area contributed by atoms with Crippen molar-refractivity contribution in [1.82, 2.24) is 4.90 Å². The van der Waals surface area contributed by atoms with Gasteiger partial charge in [0.15, 0.2) is 4.75 Å². The first kappa shape index (κ1) is 21.1. The molecule has 152 valence electrons. The van der Waals surface area contributed by atoms with Crippen molar-refractivity contribution >= 4 is 35.5 Å². The molecule has 0 spiro atoms. The van der Waals surface area contributed by atoms with Crippen LogP contribution in [0.3, 0.4) is 0 Å². The molecule has 5 unspecified atom stereocenters. The first-order chi connectivity index (χ1) is 13.4. The fourth-order valence-corrected chi connectivity index (χ4v) is 6.70. The van der Waals surface area contributed by atoms with Crippen molar-refractivity contribution in [3.8, 4) is 6.07 Å². The molecule has 5 atom stereocenters. The van der Waals surface area contributed by atoms with E-state index in [1.165, 1.54) is 37.7 Å². The Bertz CT molecular complexity index is 775. The zero-order valence-corrected chi connectivity index (χ0v) is 18.1. The molecule has 1 saturated heterocycles. The number of allylic oxidation sites excluding steroid dienone is 1. The highest BCUT2D eigenvalue weighted by Gasteiger charge is 2.70. The van der Waals surface area contributed by atoms with Crippen molar-refractivity contribution in [3.63, 3.8) is 0 Å². The number of esters is 2. The van der Waals surface area contributed by atoms with Crippen LogP contribution in [0.25, 0.3) is 0 Å². The second-order valence-electron chi connectivity index (χ2n) is 7.27. The van der Waals surface area contributed by atoms with Gasteiger partial charge in [-0.15, -0.1) is 11.8 Å². The molecule has 4 rings (SSSR count). The van der Waals surface area contributed by atoms with E-state index >= 15 is 0 Å². The normalized spacial score (nSPS) is 33.1. The van der Waals surface area contributed by atoms with Gasteiger partial charge in [0.25, 0.3) is 0 Å².